The fourth-order valence-corrected chi connectivity index (χ4v) is 5.01. The van der Waals surface area contributed by atoms with Crippen LogP contribution in [0, 0.1) is 11.8 Å². The monoisotopic (exact) mass is 220 g/mol. The van der Waals surface area contributed by atoms with Gasteiger partial charge in [-0.15, -0.1) is 6.58 Å². The van der Waals surface area contributed by atoms with Gasteiger partial charge in [-0.3, -0.25) is 4.21 Å². The van der Waals surface area contributed by atoms with E-state index < -0.39 is 10.8 Å². The van der Waals surface area contributed by atoms with Crippen LogP contribution in [-0.4, -0.2) is 18.6 Å². The molecule has 0 amide bonds. The second-order valence-electron chi connectivity index (χ2n) is 3.58. The maximum Gasteiger partial charge on any atom is 0.109 e. The second kappa shape index (κ2) is 4.62. The van der Waals surface area contributed by atoms with Crippen molar-refractivity contribution >= 4 is 22.8 Å². The smallest absolute Gasteiger partial charge is 0.109 e. The van der Waals surface area contributed by atoms with E-state index in [9.17, 15) is 4.21 Å². The van der Waals surface area contributed by atoms with Crippen LogP contribution in [0.4, 0.5) is 0 Å². The predicted octanol–water partition coefficient (Wildman–Crippen LogP) is 2.50. The van der Waals surface area contributed by atoms with Crippen LogP contribution >= 0.6 is 12.0 Å². The molecule has 0 spiro atoms. The molecule has 0 aromatic carbocycles. The molecule has 1 N–H and O–H groups in total. The first-order chi connectivity index (χ1) is 6.13. The van der Waals surface area contributed by atoms with Gasteiger partial charge in [0, 0.05) is 28.1 Å². The molecule has 1 saturated heterocycles. The van der Waals surface area contributed by atoms with Gasteiger partial charge < -0.3 is 4.55 Å². The summed E-state index contributed by atoms with van der Waals surface area (Å²) in [5.74, 6) is 0.726. The molecule has 13 heavy (non-hydrogen) atoms. The molecular weight excluding hydrogens is 204 g/mol. The summed E-state index contributed by atoms with van der Waals surface area (Å²) in [7, 11) is -0.917. The highest BCUT2D eigenvalue weighted by molar-refractivity contribution is 8.08. The molecule has 1 heterocycles. The Morgan fingerprint density at radius 1 is 1.54 bits per heavy atom. The van der Waals surface area contributed by atoms with Crippen LogP contribution in [0.1, 0.15) is 20.3 Å². The summed E-state index contributed by atoms with van der Waals surface area (Å²) < 4.78 is 20.7. The zero-order valence-corrected chi connectivity index (χ0v) is 9.61. The summed E-state index contributed by atoms with van der Waals surface area (Å²) in [6.07, 6.45) is 2.60. The van der Waals surface area contributed by atoms with Crippen LogP contribution in [0.25, 0.3) is 0 Å². The summed E-state index contributed by atoms with van der Waals surface area (Å²) in [4.78, 5) is 0. The van der Waals surface area contributed by atoms with Gasteiger partial charge in [0.15, 0.2) is 0 Å². The summed E-state index contributed by atoms with van der Waals surface area (Å²) in [5.41, 5.74) is 0. The van der Waals surface area contributed by atoms with Gasteiger partial charge in [-0.2, -0.15) is 0 Å². The van der Waals surface area contributed by atoms with Gasteiger partial charge in [-0.25, -0.2) is 0 Å². The van der Waals surface area contributed by atoms with E-state index in [1.807, 2.05) is 6.08 Å². The molecule has 0 radical (unpaired) electrons. The molecule has 0 saturated carbocycles. The largest absolute Gasteiger partial charge is 0.329 e. The van der Waals surface area contributed by atoms with Gasteiger partial charge in [0.2, 0.25) is 0 Å². The molecule has 0 aromatic rings. The average molecular weight is 220 g/mol. The lowest BCUT2D eigenvalue weighted by Gasteiger charge is -2.14. The third kappa shape index (κ3) is 2.00. The van der Waals surface area contributed by atoms with Crippen molar-refractivity contribution < 1.29 is 8.76 Å². The SMILES string of the molecule is C=CCC1C(C)C(C)C(SO)S1=O. The zero-order valence-electron chi connectivity index (χ0n) is 7.97. The minimum atomic E-state index is -0.917. The van der Waals surface area contributed by atoms with E-state index in [4.69, 9.17) is 4.55 Å². The topological polar surface area (TPSA) is 37.3 Å². The summed E-state index contributed by atoms with van der Waals surface area (Å²) in [6.45, 7) is 7.82. The first-order valence-electron chi connectivity index (χ1n) is 4.44. The molecule has 1 aliphatic rings. The Morgan fingerprint density at radius 3 is 2.54 bits per heavy atom. The Bertz CT molecular complexity index is 218. The lowest BCUT2D eigenvalue weighted by atomic mass is 9.93. The highest BCUT2D eigenvalue weighted by Gasteiger charge is 2.44. The third-order valence-electron chi connectivity index (χ3n) is 2.88. The highest BCUT2D eigenvalue weighted by Crippen LogP contribution is 2.40. The van der Waals surface area contributed by atoms with Crippen LogP contribution in [0.5, 0.6) is 0 Å². The lowest BCUT2D eigenvalue weighted by Crippen LogP contribution is -2.16. The van der Waals surface area contributed by atoms with Crippen LogP contribution in [0.3, 0.4) is 0 Å². The Balaban J connectivity index is 2.77. The molecule has 76 valence electrons. The lowest BCUT2D eigenvalue weighted by molar-refractivity contribution is 0.423. The maximum absolute atomic E-state index is 11.8. The highest BCUT2D eigenvalue weighted by atomic mass is 32.2. The Labute approximate surface area is 86.5 Å². The van der Waals surface area contributed by atoms with Crippen molar-refractivity contribution in [2.75, 3.05) is 0 Å². The second-order valence-corrected chi connectivity index (χ2v) is 6.37. The fraction of sp³-hybridized carbons (Fsp3) is 0.778. The first-order valence-corrected chi connectivity index (χ1v) is 6.55. The van der Waals surface area contributed by atoms with Crippen molar-refractivity contribution in [1.82, 2.24) is 0 Å². The molecule has 5 atom stereocenters. The van der Waals surface area contributed by atoms with E-state index in [2.05, 4.69) is 20.4 Å². The molecule has 1 rings (SSSR count). The van der Waals surface area contributed by atoms with Crippen LogP contribution < -0.4 is 0 Å². The Kier molecular flexibility index (Phi) is 4.01. The van der Waals surface area contributed by atoms with Gasteiger partial charge in [0.1, 0.15) is 4.58 Å². The molecule has 0 bridgehead atoms. The summed E-state index contributed by atoms with van der Waals surface area (Å²) >= 11 is 0.748. The maximum atomic E-state index is 11.8. The molecule has 0 aromatic heterocycles. The molecule has 1 aliphatic heterocycles. The molecule has 5 unspecified atom stereocenters. The van der Waals surface area contributed by atoms with E-state index in [1.54, 1.807) is 0 Å². The van der Waals surface area contributed by atoms with Crippen molar-refractivity contribution in [2.45, 2.75) is 30.1 Å². The standard InChI is InChI=1S/C9H16O2S2/c1-4-5-8-6(2)7(3)9(12-10)13(8)11/h4,6-10H,1,5H2,2-3H3. The summed E-state index contributed by atoms with van der Waals surface area (Å²) in [5, 5.41) is 0.178. The Morgan fingerprint density at radius 2 is 2.15 bits per heavy atom. The number of allylic oxidation sites excluding steroid dienone is 1. The quantitative estimate of drug-likeness (QED) is 0.586. The summed E-state index contributed by atoms with van der Waals surface area (Å²) in [6, 6.07) is 0. The molecule has 2 nitrogen and oxygen atoms in total. The number of rotatable bonds is 3. The number of hydrogen-bond donors (Lipinski definition) is 1. The normalized spacial score (nSPS) is 45.0. The van der Waals surface area contributed by atoms with E-state index in [1.165, 1.54) is 0 Å². The van der Waals surface area contributed by atoms with Crippen molar-refractivity contribution in [3.8, 4) is 0 Å². The van der Waals surface area contributed by atoms with Crippen molar-refractivity contribution in [3.05, 3.63) is 12.7 Å². The average Bonchev–Trinajstić information content (AvgIpc) is 2.31. The minimum absolute atomic E-state index is 0.111. The van der Waals surface area contributed by atoms with Crippen molar-refractivity contribution in [1.29, 1.82) is 0 Å². The van der Waals surface area contributed by atoms with E-state index >= 15 is 0 Å². The van der Waals surface area contributed by atoms with Gasteiger partial charge >= 0.3 is 0 Å². The van der Waals surface area contributed by atoms with Crippen molar-refractivity contribution in [2.24, 2.45) is 11.8 Å². The zero-order chi connectivity index (χ0) is 10.0. The third-order valence-corrected chi connectivity index (χ3v) is 6.45. The predicted molar refractivity (Wildman–Crippen MR) is 59.1 cm³/mol. The van der Waals surface area contributed by atoms with Gasteiger partial charge in [0.05, 0.1) is 0 Å². The Hall–Kier alpha value is 0.200. The molecular formula is C9H16O2S2. The van der Waals surface area contributed by atoms with Gasteiger partial charge in [-0.05, 0) is 18.3 Å². The molecule has 1 fully saturated rings. The molecule has 4 heteroatoms. The molecule has 0 aliphatic carbocycles. The van der Waals surface area contributed by atoms with E-state index in [-0.39, 0.29) is 9.83 Å². The van der Waals surface area contributed by atoms with Crippen LogP contribution in [-0.2, 0) is 10.8 Å². The minimum Gasteiger partial charge on any atom is -0.329 e. The van der Waals surface area contributed by atoms with E-state index in [0.717, 1.165) is 18.5 Å². The van der Waals surface area contributed by atoms with Gasteiger partial charge in [-0.1, -0.05) is 19.9 Å². The van der Waals surface area contributed by atoms with Crippen LogP contribution in [0.15, 0.2) is 12.7 Å². The fourth-order valence-electron chi connectivity index (χ4n) is 1.79. The van der Waals surface area contributed by atoms with Crippen molar-refractivity contribution in [3.63, 3.8) is 0 Å². The van der Waals surface area contributed by atoms with E-state index in [0.29, 0.717) is 11.8 Å². The first kappa shape index (κ1) is 11.3. The van der Waals surface area contributed by atoms with Crippen LogP contribution in [0.2, 0.25) is 0 Å². The van der Waals surface area contributed by atoms with Gasteiger partial charge in [0.25, 0.3) is 0 Å². The number of hydrogen-bond acceptors (Lipinski definition) is 3.